The average molecular weight is 284 g/mol. The van der Waals surface area contributed by atoms with Crippen LogP contribution in [0.2, 0.25) is 5.02 Å². The number of rotatable bonds is 1. The van der Waals surface area contributed by atoms with Gasteiger partial charge >= 0.3 is 6.03 Å². The lowest BCUT2D eigenvalue weighted by Gasteiger charge is -2.01. The molecule has 5 nitrogen and oxygen atoms in total. The third kappa shape index (κ3) is 3.24. The number of nitrogens with one attached hydrogen (secondary N) is 2. The molecule has 0 bridgehead atoms. The van der Waals surface area contributed by atoms with Crippen molar-refractivity contribution in [1.29, 1.82) is 0 Å². The Kier molecular flexibility index (Phi) is 3.88. The lowest BCUT2D eigenvalue weighted by Crippen LogP contribution is -2.24. The van der Waals surface area contributed by atoms with Gasteiger partial charge in [-0.25, -0.2) is 4.79 Å². The Morgan fingerprint density at radius 1 is 1.44 bits per heavy atom. The molecule has 2 rings (SSSR count). The molecule has 0 unspecified atom stereocenters. The van der Waals surface area contributed by atoms with Gasteiger partial charge in [0.2, 0.25) is 5.91 Å². The van der Waals surface area contributed by atoms with Crippen molar-refractivity contribution in [3.05, 3.63) is 29.3 Å². The van der Waals surface area contributed by atoms with Crippen molar-refractivity contribution in [2.24, 2.45) is 4.99 Å². The van der Waals surface area contributed by atoms with Crippen molar-refractivity contribution >= 4 is 46.2 Å². The first-order valence-electron chi connectivity index (χ1n) is 5.17. The molecule has 1 aliphatic heterocycles. The highest BCUT2D eigenvalue weighted by Crippen LogP contribution is 2.19. The van der Waals surface area contributed by atoms with Gasteiger partial charge in [-0.3, -0.25) is 4.79 Å². The summed E-state index contributed by atoms with van der Waals surface area (Å²) in [6, 6.07) is 6.14. The Hall–Kier alpha value is -1.53. The predicted octanol–water partition coefficient (Wildman–Crippen LogP) is 2.48. The minimum atomic E-state index is -0.533. The minimum absolute atomic E-state index is 0.141. The predicted molar refractivity (Wildman–Crippen MR) is 73.1 cm³/mol. The van der Waals surface area contributed by atoms with Gasteiger partial charge in [-0.2, -0.15) is 4.99 Å². The van der Waals surface area contributed by atoms with E-state index in [2.05, 4.69) is 15.6 Å². The van der Waals surface area contributed by atoms with E-state index in [9.17, 15) is 9.59 Å². The van der Waals surface area contributed by atoms with Crippen LogP contribution in [0.5, 0.6) is 0 Å². The van der Waals surface area contributed by atoms with Gasteiger partial charge in [0.15, 0.2) is 5.17 Å². The topological polar surface area (TPSA) is 70.6 Å². The molecule has 1 heterocycles. The van der Waals surface area contributed by atoms with Crippen LogP contribution >= 0.6 is 23.4 Å². The number of amidine groups is 1. The highest BCUT2D eigenvalue weighted by Gasteiger charge is 2.26. The smallest absolute Gasteiger partial charge is 0.306 e. The molecule has 0 aromatic heterocycles. The summed E-state index contributed by atoms with van der Waals surface area (Å²) in [5.41, 5.74) is 0.594. The summed E-state index contributed by atoms with van der Waals surface area (Å²) in [5, 5.41) is 5.79. The maximum Gasteiger partial charge on any atom is 0.347 e. The van der Waals surface area contributed by atoms with Gasteiger partial charge in [0.1, 0.15) is 0 Å². The van der Waals surface area contributed by atoms with Gasteiger partial charge in [0, 0.05) is 10.7 Å². The van der Waals surface area contributed by atoms with Crippen molar-refractivity contribution in [1.82, 2.24) is 5.32 Å². The number of anilines is 1. The van der Waals surface area contributed by atoms with Crippen LogP contribution in [0.1, 0.15) is 6.92 Å². The Morgan fingerprint density at radius 3 is 2.67 bits per heavy atom. The molecule has 1 saturated heterocycles. The summed E-state index contributed by atoms with van der Waals surface area (Å²) in [6.07, 6.45) is 0. The van der Waals surface area contributed by atoms with Gasteiger partial charge in [-0.1, -0.05) is 23.4 Å². The fourth-order valence-electron chi connectivity index (χ4n) is 1.29. The van der Waals surface area contributed by atoms with E-state index in [1.54, 1.807) is 31.2 Å². The normalized spacial score (nSPS) is 20.9. The zero-order chi connectivity index (χ0) is 13.1. The Morgan fingerprint density at radius 2 is 2.11 bits per heavy atom. The van der Waals surface area contributed by atoms with Crippen LogP contribution in [0.4, 0.5) is 10.5 Å². The summed E-state index contributed by atoms with van der Waals surface area (Å²) >= 11 is 6.95. The highest BCUT2D eigenvalue weighted by atomic mass is 35.5. The number of benzene rings is 1. The van der Waals surface area contributed by atoms with Crippen molar-refractivity contribution < 1.29 is 9.59 Å². The van der Waals surface area contributed by atoms with Gasteiger partial charge in [-0.05, 0) is 31.2 Å². The molecule has 1 fully saturated rings. The number of amides is 3. The maximum absolute atomic E-state index is 11.6. The molecule has 94 valence electrons. The molecule has 0 spiro atoms. The molecule has 1 atom stereocenters. The summed E-state index contributed by atoms with van der Waals surface area (Å²) in [4.78, 5) is 26.5. The lowest BCUT2D eigenvalue weighted by molar-refractivity contribution is -0.118. The first-order valence-corrected chi connectivity index (χ1v) is 6.43. The summed E-state index contributed by atoms with van der Waals surface area (Å²) in [5.74, 6) is -0.141. The standard InChI is InChI=1S/C11H10ClN3O2S/c1-6-9(16)14-11(18-6)15-10(17)13-8-4-2-7(12)3-5-8/h2-6H,1H3,(H2,13,14,15,16,17)/t6-/m0/s1. The zero-order valence-corrected chi connectivity index (χ0v) is 11.0. The molecular formula is C11H10ClN3O2S. The minimum Gasteiger partial charge on any atom is -0.306 e. The number of urea groups is 1. The van der Waals surface area contributed by atoms with E-state index >= 15 is 0 Å². The molecule has 1 aliphatic rings. The van der Waals surface area contributed by atoms with Crippen molar-refractivity contribution in [2.45, 2.75) is 12.2 Å². The number of aliphatic imine (C=N–C) groups is 1. The average Bonchev–Trinajstić information content (AvgIpc) is 2.61. The number of nitrogens with zero attached hydrogens (tertiary/aromatic N) is 1. The molecule has 0 aliphatic carbocycles. The second-order valence-corrected chi connectivity index (χ2v) is 5.37. The van der Waals surface area contributed by atoms with Crippen LogP contribution in [0.15, 0.2) is 29.3 Å². The van der Waals surface area contributed by atoms with E-state index < -0.39 is 6.03 Å². The van der Waals surface area contributed by atoms with Crippen LogP contribution in [0.3, 0.4) is 0 Å². The quantitative estimate of drug-likeness (QED) is 0.832. The fraction of sp³-hybridized carbons (Fsp3) is 0.182. The van der Waals surface area contributed by atoms with E-state index in [0.717, 1.165) is 0 Å². The lowest BCUT2D eigenvalue weighted by atomic mass is 10.3. The van der Waals surface area contributed by atoms with Crippen LogP contribution in [-0.2, 0) is 4.79 Å². The number of carbonyl (C=O) groups excluding carboxylic acids is 2. The molecule has 1 aromatic rings. The molecule has 18 heavy (non-hydrogen) atoms. The molecular weight excluding hydrogens is 274 g/mol. The monoisotopic (exact) mass is 283 g/mol. The van der Waals surface area contributed by atoms with Crippen molar-refractivity contribution in [3.63, 3.8) is 0 Å². The Labute approximate surface area is 113 Å². The molecule has 0 radical (unpaired) electrons. The molecule has 1 aromatic carbocycles. The summed E-state index contributed by atoms with van der Waals surface area (Å²) in [7, 11) is 0. The van der Waals surface area contributed by atoms with E-state index in [0.29, 0.717) is 15.9 Å². The Bertz CT molecular complexity index is 516. The van der Waals surface area contributed by atoms with Crippen molar-refractivity contribution in [3.8, 4) is 0 Å². The number of halogens is 1. The highest BCUT2D eigenvalue weighted by molar-refractivity contribution is 8.15. The van der Waals surface area contributed by atoms with Gasteiger partial charge in [0.25, 0.3) is 0 Å². The van der Waals surface area contributed by atoms with E-state index in [1.165, 1.54) is 11.8 Å². The second kappa shape index (κ2) is 5.41. The van der Waals surface area contributed by atoms with Crippen molar-refractivity contribution in [2.75, 3.05) is 5.32 Å². The third-order valence-corrected chi connectivity index (χ3v) is 3.42. The Balaban J connectivity index is 1.99. The van der Waals surface area contributed by atoms with Gasteiger partial charge in [0.05, 0.1) is 5.25 Å². The second-order valence-electron chi connectivity index (χ2n) is 3.60. The number of thioether (sulfide) groups is 1. The maximum atomic E-state index is 11.6. The number of carbonyl (C=O) groups is 2. The number of hydrogen-bond donors (Lipinski definition) is 2. The van der Waals surface area contributed by atoms with E-state index in [1.807, 2.05) is 0 Å². The zero-order valence-electron chi connectivity index (χ0n) is 9.44. The summed E-state index contributed by atoms with van der Waals surface area (Å²) in [6.45, 7) is 1.75. The fourth-order valence-corrected chi connectivity index (χ4v) is 2.21. The first kappa shape index (κ1) is 12.9. The molecule has 2 N–H and O–H groups in total. The molecule has 0 saturated carbocycles. The van der Waals surface area contributed by atoms with Crippen LogP contribution in [0.25, 0.3) is 0 Å². The van der Waals surface area contributed by atoms with Crippen LogP contribution < -0.4 is 10.6 Å². The largest absolute Gasteiger partial charge is 0.347 e. The van der Waals surface area contributed by atoms with Crippen LogP contribution in [0, 0.1) is 0 Å². The van der Waals surface area contributed by atoms with Gasteiger partial charge in [-0.15, -0.1) is 0 Å². The first-order chi connectivity index (χ1) is 8.54. The van der Waals surface area contributed by atoms with E-state index in [-0.39, 0.29) is 11.2 Å². The third-order valence-electron chi connectivity index (χ3n) is 2.19. The SMILES string of the molecule is C[C@@H]1SC(=NC(=O)Nc2ccc(Cl)cc2)NC1=O. The summed E-state index contributed by atoms with van der Waals surface area (Å²) < 4.78 is 0. The van der Waals surface area contributed by atoms with Gasteiger partial charge < -0.3 is 10.6 Å². The number of hydrogen-bond acceptors (Lipinski definition) is 3. The van der Waals surface area contributed by atoms with E-state index in [4.69, 9.17) is 11.6 Å². The van der Waals surface area contributed by atoms with Crippen LogP contribution in [-0.4, -0.2) is 22.4 Å². The molecule has 7 heteroatoms. The molecule has 3 amide bonds.